The number of amides is 1. The summed E-state index contributed by atoms with van der Waals surface area (Å²) in [5.74, 6) is 1.91. The summed E-state index contributed by atoms with van der Waals surface area (Å²) in [5, 5.41) is 0. The van der Waals surface area contributed by atoms with Gasteiger partial charge in [0.25, 0.3) is 0 Å². The summed E-state index contributed by atoms with van der Waals surface area (Å²) in [4.78, 5) is 18.5. The number of imidazole rings is 1. The highest BCUT2D eigenvalue weighted by Crippen LogP contribution is 2.40. The van der Waals surface area contributed by atoms with Crippen molar-refractivity contribution in [2.75, 3.05) is 19.9 Å². The van der Waals surface area contributed by atoms with Crippen LogP contribution in [0.25, 0.3) is 22.4 Å². The number of alkyl halides is 3. The molecule has 0 N–H and O–H groups in total. The molecular weight excluding hydrogens is 423 g/mol. The maximum Gasteiger partial charge on any atom is 0.416 e. The fraction of sp³-hybridized carbons (Fsp3) is 0.391. The van der Waals surface area contributed by atoms with Gasteiger partial charge in [-0.05, 0) is 49.2 Å². The summed E-state index contributed by atoms with van der Waals surface area (Å²) in [6, 6.07) is 9.12. The topological polar surface area (TPSA) is 56.6 Å². The zero-order valence-corrected chi connectivity index (χ0v) is 17.5. The van der Waals surface area contributed by atoms with Crippen molar-refractivity contribution in [3.8, 4) is 22.9 Å². The third-order valence-electron chi connectivity index (χ3n) is 6.13. The monoisotopic (exact) mass is 445 g/mol. The van der Waals surface area contributed by atoms with E-state index in [0.717, 1.165) is 17.7 Å². The summed E-state index contributed by atoms with van der Waals surface area (Å²) in [7, 11) is 0. The Balaban J connectivity index is 1.59. The third kappa shape index (κ3) is 3.55. The molecule has 32 heavy (non-hydrogen) atoms. The average Bonchev–Trinajstić information content (AvgIpc) is 3.41. The molecule has 0 aliphatic carbocycles. The molecule has 1 fully saturated rings. The van der Waals surface area contributed by atoms with E-state index in [1.807, 2.05) is 22.5 Å². The fourth-order valence-electron chi connectivity index (χ4n) is 4.48. The van der Waals surface area contributed by atoms with Gasteiger partial charge in [-0.25, -0.2) is 4.98 Å². The van der Waals surface area contributed by atoms with Crippen LogP contribution in [0.15, 0.2) is 36.4 Å². The number of carbonyl (C=O) groups excluding carboxylic acids is 1. The smallest absolute Gasteiger partial charge is 0.416 e. The lowest BCUT2D eigenvalue weighted by molar-refractivity contribution is -0.137. The summed E-state index contributed by atoms with van der Waals surface area (Å²) in [5.41, 5.74) is 0.951. The quantitative estimate of drug-likeness (QED) is 0.568. The van der Waals surface area contributed by atoms with Gasteiger partial charge in [0.2, 0.25) is 12.7 Å². The van der Waals surface area contributed by atoms with Crippen molar-refractivity contribution in [3.63, 3.8) is 0 Å². The van der Waals surface area contributed by atoms with Crippen LogP contribution < -0.4 is 9.47 Å². The molecule has 9 heteroatoms. The first-order chi connectivity index (χ1) is 15.3. The molecule has 2 aliphatic rings. The van der Waals surface area contributed by atoms with Crippen LogP contribution in [0.5, 0.6) is 11.5 Å². The molecule has 2 aromatic carbocycles. The standard InChI is InChI=1S/C23H22F3N3O3/c1-2-21(30)28-9-7-16(8-10-28)29-18-5-4-15(23(24,25)26)12-17(18)27-22(29)14-3-6-19-20(11-14)32-13-31-19/h3-6,11-12,16H,2,7-10,13H2,1H3. The number of piperidine rings is 1. The van der Waals surface area contributed by atoms with Crippen molar-refractivity contribution in [3.05, 3.63) is 42.0 Å². The fourth-order valence-corrected chi connectivity index (χ4v) is 4.48. The van der Waals surface area contributed by atoms with Gasteiger partial charge in [0.15, 0.2) is 11.5 Å². The molecule has 3 aromatic rings. The summed E-state index contributed by atoms with van der Waals surface area (Å²) in [6.07, 6.45) is -2.57. The van der Waals surface area contributed by atoms with Crippen molar-refractivity contribution >= 4 is 16.9 Å². The molecule has 1 saturated heterocycles. The van der Waals surface area contributed by atoms with Gasteiger partial charge in [0.1, 0.15) is 5.82 Å². The molecule has 0 atom stereocenters. The highest BCUT2D eigenvalue weighted by atomic mass is 19.4. The first kappa shape index (κ1) is 20.7. The van der Waals surface area contributed by atoms with Gasteiger partial charge >= 0.3 is 6.18 Å². The molecule has 3 heterocycles. The van der Waals surface area contributed by atoms with Gasteiger partial charge in [0.05, 0.1) is 16.6 Å². The van der Waals surface area contributed by atoms with E-state index < -0.39 is 11.7 Å². The summed E-state index contributed by atoms with van der Waals surface area (Å²) >= 11 is 0. The van der Waals surface area contributed by atoms with E-state index in [1.165, 1.54) is 6.07 Å². The third-order valence-corrected chi connectivity index (χ3v) is 6.13. The average molecular weight is 445 g/mol. The van der Waals surface area contributed by atoms with Crippen LogP contribution in [0.4, 0.5) is 13.2 Å². The Morgan fingerprint density at radius 1 is 1.09 bits per heavy atom. The normalized spacial score (nSPS) is 16.7. The molecule has 6 nitrogen and oxygen atoms in total. The predicted octanol–water partition coefficient (Wildman–Crippen LogP) is 5.02. The lowest BCUT2D eigenvalue weighted by atomic mass is 10.0. The van der Waals surface area contributed by atoms with E-state index in [1.54, 1.807) is 12.1 Å². The van der Waals surface area contributed by atoms with Gasteiger partial charge in [-0.3, -0.25) is 4.79 Å². The zero-order chi connectivity index (χ0) is 22.5. The first-order valence-corrected chi connectivity index (χ1v) is 10.6. The minimum atomic E-state index is -4.44. The lowest BCUT2D eigenvalue weighted by Crippen LogP contribution is -2.38. The van der Waals surface area contributed by atoms with Crippen LogP contribution in [0.3, 0.4) is 0 Å². The van der Waals surface area contributed by atoms with E-state index >= 15 is 0 Å². The second kappa shape index (κ2) is 7.72. The minimum absolute atomic E-state index is 0.0121. The number of ether oxygens (including phenoxy) is 2. The summed E-state index contributed by atoms with van der Waals surface area (Å²) < 4.78 is 52.8. The van der Waals surface area contributed by atoms with Gasteiger partial charge in [-0.15, -0.1) is 0 Å². The van der Waals surface area contributed by atoms with Gasteiger partial charge in [-0.2, -0.15) is 13.2 Å². The van der Waals surface area contributed by atoms with Crippen LogP contribution in [0, 0.1) is 0 Å². The van der Waals surface area contributed by atoms with Crippen molar-refractivity contribution in [2.24, 2.45) is 0 Å². The number of likely N-dealkylation sites (tertiary alicyclic amines) is 1. The Labute approximate surface area is 182 Å². The first-order valence-electron chi connectivity index (χ1n) is 10.6. The molecule has 1 amide bonds. The number of rotatable bonds is 3. The Morgan fingerprint density at radius 3 is 2.56 bits per heavy atom. The van der Waals surface area contributed by atoms with E-state index in [9.17, 15) is 18.0 Å². The molecule has 0 spiro atoms. The van der Waals surface area contributed by atoms with Gasteiger partial charge < -0.3 is 18.9 Å². The number of benzene rings is 2. The zero-order valence-electron chi connectivity index (χ0n) is 17.5. The van der Waals surface area contributed by atoms with E-state index in [4.69, 9.17) is 9.47 Å². The molecule has 0 bridgehead atoms. The van der Waals surface area contributed by atoms with Crippen LogP contribution in [0.2, 0.25) is 0 Å². The Kier molecular flexibility index (Phi) is 4.98. The Hall–Kier alpha value is -3.23. The second-order valence-electron chi connectivity index (χ2n) is 8.04. The van der Waals surface area contributed by atoms with E-state index in [-0.39, 0.29) is 18.7 Å². The number of carbonyl (C=O) groups is 1. The van der Waals surface area contributed by atoms with Gasteiger partial charge in [-0.1, -0.05) is 6.92 Å². The molecule has 1 aromatic heterocycles. The highest BCUT2D eigenvalue weighted by Gasteiger charge is 2.32. The number of fused-ring (bicyclic) bond motifs is 2. The number of halogens is 3. The largest absolute Gasteiger partial charge is 0.454 e. The van der Waals surface area contributed by atoms with Crippen molar-refractivity contribution in [1.82, 2.24) is 14.5 Å². The van der Waals surface area contributed by atoms with Crippen molar-refractivity contribution in [1.29, 1.82) is 0 Å². The molecule has 168 valence electrons. The molecule has 5 rings (SSSR count). The highest BCUT2D eigenvalue weighted by molar-refractivity contribution is 5.82. The molecular formula is C23H22F3N3O3. The van der Waals surface area contributed by atoms with E-state index in [2.05, 4.69) is 4.98 Å². The number of nitrogens with zero attached hydrogens (tertiary/aromatic N) is 3. The molecule has 2 aliphatic heterocycles. The number of hydrogen-bond donors (Lipinski definition) is 0. The maximum atomic E-state index is 13.3. The van der Waals surface area contributed by atoms with Crippen molar-refractivity contribution in [2.45, 2.75) is 38.4 Å². The van der Waals surface area contributed by atoms with E-state index in [0.29, 0.717) is 60.7 Å². The minimum Gasteiger partial charge on any atom is -0.454 e. The maximum absolute atomic E-state index is 13.3. The summed E-state index contributed by atoms with van der Waals surface area (Å²) in [6.45, 7) is 3.19. The molecule has 0 radical (unpaired) electrons. The lowest BCUT2D eigenvalue weighted by Gasteiger charge is -2.33. The van der Waals surface area contributed by atoms with Crippen LogP contribution in [-0.2, 0) is 11.0 Å². The number of aromatic nitrogens is 2. The number of hydrogen-bond acceptors (Lipinski definition) is 4. The van der Waals surface area contributed by atoms with Crippen LogP contribution in [-0.4, -0.2) is 40.2 Å². The second-order valence-corrected chi connectivity index (χ2v) is 8.04. The molecule has 0 unspecified atom stereocenters. The molecule has 0 saturated carbocycles. The van der Waals surface area contributed by atoms with Crippen molar-refractivity contribution < 1.29 is 27.4 Å². The SMILES string of the molecule is CCC(=O)N1CCC(n2c(-c3ccc4c(c3)OCO4)nc3cc(C(F)(F)F)ccc32)CC1. The van der Waals surface area contributed by atoms with Crippen LogP contribution >= 0.6 is 0 Å². The van der Waals surface area contributed by atoms with Gasteiger partial charge in [0, 0.05) is 31.1 Å². The Morgan fingerprint density at radius 2 is 1.84 bits per heavy atom. The predicted molar refractivity (Wildman–Crippen MR) is 111 cm³/mol. The Bertz CT molecular complexity index is 1180. The van der Waals surface area contributed by atoms with Crippen LogP contribution in [0.1, 0.15) is 37.8 Å².